The normalized spacial score (nSPS) is 13.1. The molecule has 0 amide bonds. The van der Waals surface area contributed by atoms with E-state index in [1.54, 1.807) is 0 Å². The van der Waals surface area contributed by atoms with Gasteiger partial charge >= 0.3 is 5.97 Å². The van der Waals surface area contributed by atoms with Crippen molar-refractivity contribution in [2.24, 2.45) is 0 Å². The molecule has 0 radical (unpaired) electrons. The van der Waals surface area contributed by atoms with E-state index in [1.165, 1.54) is 6.92 Å². The molecule has 1 aromatic carbocycles. The van der Waals surface area contributed by atoms with Crippen LogP contribution in [0.25, 0.3) is 0 Å². The van der Waals surface area contributed by atoms with Crippen LogP contribution in [0.3, 0.4) is 0 Å². The van der Waals surface area contributed by atoms with Crippen LogP contribution >= 0.6 is 0 Å². The number of hydrogen-bond donors (Lipinski definition) is 2. The van der Waals surface area contributed by atoms with Crippen LogP contribution in [0.4, 0.5) is 4.39 Å². The number of hydrogen-bond acceptors (Lipinski definition) is 6. The van der Waals surface area contributed by atoms with Crippen LogP contribution in [0.15, 0.2) is 17.0 Å². The van der Waals surface area contributed by atoms with E-state index in [0.29, 0.717) is 0 Å². The second kappa shape index (κ2) is 5.54. The monoisotopic (exact) mass is 292 g/mol. The Morgan fingerprint density at radius 1 is 1.47 bits per heavy atom. The van der Waals surface area contributed by atoms with Crippen molar-refractivity contribution in [3.63, 3.8) is 0 Å². The predicted molar refractivity (Wildman–Crippen MR) is 62.8 cm³/mol. The van der Waals surface area contributed by atoms with E-state index in [-0.39, 0.29) is 6.61 Å². The highest BCUT2D eigenvalue weighted by molar-refractivity contribution is 7.90. The zero-order valence-electron chi connectivity index (χ0n) is 10.3. The average molecular weight is 292 g/mol. The molecule has 0 spiro atoms. The first kappa shape index (κ1) is 15.4. The molecule has 0 heterocycles. The Kier molecular flexibility index (Phi) is 4.48. The smallest absolute Gasteiger partial charge is 0.339 e. The Morgan fingerprint density at radius 3 is 2.53 bits per heavy atom. The highest BCUT2D eigenvalue weighted by Crippen LogP contribution is 2.31. The summed E-state index contributed by atoms with van der Waals surface area (Å²) < 4.78 is 40.6. The van der Waals surface area contributed by atoms with E-state index in [4.69, 9.17) is 0 Å². The summed E-state index contributed by atoms with van der Waals surface area (Å²) in [6.45, 7) is 1.51. The standard InChI is InChI=1S/C11H13FO6S/c1-3-18-11(15)10(14)6-4-5-7(19(2,16)17)8(12)9(6)13/h4-5,10,13-14H,3H2,1-2H3. The lowest BCUT2D eigenvalue weighted by atomic mass is 10.1. The number of sulfone groups is 1. The lowest BCUT2D eigenvalue weighted by molar-refractivity contribution is -0.153. The van der Waals surface area contributed by atoms with Crippen LogP contribution in [0.1, 0.15) is 18.6 Å². The predicted octanol–water partition coefficient (Wildman–Crippen LogP) is 0.531. The number of carbonyl (C=O) groups is 1. The highest BCUT2D eigenvalue weighted by Gasteiger charge is 2.27. The van der Waals surface area contributed by atoms with Crippen LogP contribution < -0.4 is 0 Å². The van der Waals surface area contributed by atoms with Crippen molar-refractivity contribution in [1.29, 1.82) is 0 Å². The van der Waals surface area contributed by atoms with Crippen LogP contribution in [-0.4, -0.2) is 37.5 Å². The van der Waals surface area contributed by atoms with Crippen molar-refractivity contribution >= 4 is 15.8 Å². The maximum Gasteiger partial charge on any atom is 0.339 e. The molecule has 1 rings (SSSR count). The molecule has 6 nitrogen and oxygen atoms in total. The molecule has 106 valence electrons. The van der Waals surface area contributed by atoms with Crippen molar-refractivity contribution in [3.8, 4) is 5.75 Å². The Labute approximate surface area is 109 Å². The number of ether oxygens (including phenoxy) is 1. The summed E-state index contributed by atoms with van der Waals surface area (Å²) in [6.07, 6.45) is -1.12. The zero-order chi connectivity index (χ0) is 14.8. The first-order chi connectivity index (χ1) is 8.70. The van der Waals surface area contributed by atoms with Gasteiger partial charge in [0, 0.05) is 11.8 Å². The molecule has 1 unspecified atom stereocenters. The van der Waals surface area contributed by atoms with E-state index >= 15 is 0 Å². The second-order valence-electron chi connectivity index (χ2n) is 3.74. The van der Waals surface area contributed by atoms with Gasteiger partial charge in [0.2, 0.25) is 0 Å². The summed E-state index contributed by atoms with van der Waals surface area (Å²) in [5.41, 5.74) is -0.455. The Hall–Kier alpha value is -1.67. The van der Waals surface area contributed by atoms with E-state index in [9.17, 15) is 27.8 Å². The maximum atomic E-state index is 13.7. The lowest BCUT2D eigenvalue weighted by Crippen LogP contribution is -2.16. The number of aliphatic hydroxyl groups excluding tert-OH is 1. The number of aromatic hydroxyl groups is 1. The highest BCUT2D eigenvalue weighted by atomic mass is 32.2. The van der Waals surface area contributed by atoms with Gasteiger partial charge in [-0.05, 0) is 13.0 Å². The Balaban J connectivity index is 3.28. The number of esters is 1. The van der Waals surface area contributed by atoms with Gasteiger partial charge in [0.1, 0.15) is 4.90 Å². The Bertz CT molecular complexity index is 595. The van der Waals surface area contributed by atoms with Crippen molar-refractivity contribution in [1.82, 2.24) is 0 Å². The first-order valence-electron chi connectivity index (χ1n) is 5.26. The number of aliphatic hydroxyl groups is 1. The number of phenolic OH excluding ortho intramolecular Hbond substituents is 1. The van der Waals surface area contributed by atoms with Crippen molar-refractivity contribution in [3.05, 3.63) is 23.5 Å². The van der Waals surface area contributed by atoms with Gasteiger partial charge in [-0.25, -0.2) is 17.6 Å². The molecule has 0 aliphatic heterocycles. The number of halogens is 1. The summed E-state index contributed by atoms with van der Waals surface area (Å²) in [6, 6.07) is 1.82. The third-order valence-corrected chi connectivity index (χ3v) is 3.43. The summed E-state index contributed by atoms with van der Waals surface area (Å²) in [5, 5.41) is 19.1. The zero-order valence-corrected chi connectivity index (χ0v) is 11.1. The maximum absolute atomic E-state index is 13.7. The van der Waals surface area contributed by atoms with E-state index in [2.05, 4.69) is 4.74 Å². The van der Waals surface area contributed by atoms with Gasteiger partial charge in [0.15, 0.2) is 27.5 Å². The van der Waals surface area contributed by atoms with E-state index in [0.717, 1.165) is 18.4 Å². The van der Waals surface area contributed by atoms with Crippen LogP contribution in [-0.2, 0) is 19.4 Å². The van der Waals surface area contributed by atoms with Gasteiger partial charge in [0.05, 0.1) is 6.61 Å². The molecule has 0 saturated heterocycles. The molecule has 0 saturated carbocycles. The largest absolute Gasteiger partial charge is 0.505 e. The molecule has 0 aromatic heterocycles. The van der Waals surface area contributed by atoms with Crippen LogP contribution in [0.2, 0.25) is 0 Å². The molecule has 0 aliphatic carbocycles. The van der Waals surface area contributed by atoms with Crippen LogP contribution in [0.5, 0.6) is 5.75 Å². The summed E-state index contributed by atoms with van der Waals surface area (Å²) >= 11 is 0. The number of rotatable bonds is 4. The molecule has 2 N–H and O–H groups in total. The van der Waals surface area contributed by atoms with Gasteiger partial charge in [-0.15, -0.1) is 0 Å². The fraction of sp³-hybridized carbons (Fsp3) is 0.364. The van der Waals surface area contributed by atoms with Crippen molar-refractivity contribution in [2.45, 2.75) is 17.9 Å². The minimum Gasteiger partial charge on any atom is -0.505 e. The summed E-state index contributed by atoms with van der Waals surface area (Å²) in [5.74, 6) is -3.57. The van der Waals surface area contributed by atoms with Crippen LogP contribution in [0, 0.1) is 5.82 Å². The molecule has 1 aromatic rings. The molecule has 0 fully saturated rings. The lowest BCUT2D eigenvalue weighted by Gasteiger charge is -2.13. The molecule has 19 heavy (non-hydrogen) atoms. The van der Waals surface area contributed by atoms with Crippen molar-refractivity contribution < 1.29 is 32.6 Å². The Morgan fingerprint density at radius 2 is 2.05 bits per heavy atom. The molecule has 1 atom stereocenters. The molecule has 0 bridgehead atoms. The molecular formula is C11H13FO6S. The van der Waals surface area contributed by atoms with Gasteiger partial charge < -0.3 is 14.9 Å². The van der Waals surface area contributed by atoms with E-state index in [1.807, 2.05) is 0 Å². The van der Waals surface area contributed by atoms with Crippen molar-refractivity contribution in [2.75, 3.05) is 12.9 Å². The molecular weight excluding hydrogens is 279 g/mol. The second-order valence-corrected chi connectivity index (χ2v) is 5.73. The first-order valence-corrected chi connectivity index (χ1v) is 7.15. The minimum atomic E-state index is -3.86. The quantitative estimate of drug-likeness (QED) is 0.785. The summed E-state index contributed by atoms with van der Waals surface area (Å²) in [7, 11) is -3.86. The molecule has 8 heteroatoms. The topological polar surface area (TPSA) is 101 Å². The minimum absolute atomic E-state index is 0.000556. The van der Waals surface area contributed by atoms with Gasteiger partial charge in [-0.3, -0.25) is 0 Å². The van der Waals surface area contributed by atoms with Gasteiger partial charge in [0.25, 0.3) is 0 Å². The van der Waals surface area contributed by atoms with Gasteiger partial charge in [-0.2, -0.15) is 0 Å². The fourth-order valence-corrected chi connectivity index (χ4v) is 2.15. The number of phenols is 1. The number of carbonyl (C=O) groups excluding carboxylic acids is 1. The third-order valence-electron chi connectivity index (χ3n) is 2.32. The summed E-state index contributed by atoms with van der Waals surface area (Å²) in [4.78, 5) is 10.5. The van der Waals surface area contributed by atoms with E-state index < -0.39 is 43.9 Å². The molecule has 0 aliphatic rings. The average Bonchev–Trinajstić information content (AvgIpc) is 2.30. The number of benzene rings is 1. The van der Waals surface area contributed by atoms with Gasteiger partial charge in [-0.1, -0.05) is 6.07 Å². The SMILES string of the molecule is CCOC(=O)C(O)c1ccc(S(C)(=O)=O)c(F)c1O. The third kappa shape index (κ3) is 3.21. The fourth-order valence-electron chi connectivity index (χ4n) is 1.42.